The minimum Gasteiger partial charge on any atom is -0.490 e. The van der Waals surface area contributed by atoms with Crippen LogP contribution in [0.25, 0.3) is 0 Å². The van der Waals surface area contributed by atoms with Crippen molar-refractivity contribution in [2.24, 2.45) is 0 Å². The second kappa shape index (κ2) is 5.18. The fraction of sp³-hybridized carbons (Fsp3) is 0.600. The number of ether oxygens (including phenoxy) is 2. The first-order valence-corrected chi connectivity index (χ1v) is 6.91. The molecule has 116 valence electrons. The molecule has 1 aliphatic heterocycles. The van der Waals surface area contributed by atoms with Crippen LogP contribution in [-0.2, 0) is 4.74 Å². The normalized spacial score (nSPS) is 20.1. The lowest BCUT2D eigenvalue weighted by molar-refractivity contribution is -0.385. The van der Waals surface area contributed by atoms with Gasteiger partial charge in [0.25, 0.3) is 0 Å². The summed E-state index contributed by atoms with van der Waals surface area (Å²) in [4.78, 5) is 12.7. The van der Waals surface area contributed by atoms with Crippen LogP contribution in [0, 0.1) is 10.1 Å². The predicted octanol–water partition coefficient (Wildman–Crippen LogP) is 3.00. The van der Waals surface area contributed by atoms with Crippen molar-refractivity contribution in [1.29, 1.82) is 0 Å². The number of nitro benzene ring substituents is 1. The van der Waals surface area contributed by atoms with Gasteiger partial charge >= 0.3 is 5.69 Å². The van der Waals surface area contributed by atoms with Gasteiger partial charge in [-0.1, -0.05) is 0 Å². The predicted molar refractivity (Wildman–Crippen MR) is 81.1 cm³/mol. The first-order chi connectivity index (χ1) is 9.63. The highest BCUT2D eigenvalue weighted by Crippen LogP contribution is 2.35. The average molecular weight is 294 g/mol. The van der Waals surface area contributed by atoms with Crippen molar-refractivity contribution < 1.29 is 14.4 Å². The highest BCUT2D eigenvalue weighted by Gasteiger charge is 2.38. The molecular formula is C15H22N2O4. The van der Waals surface area contributed by atoms with Gasteiger partial charge in [-0.2, -0.15) is 0 Å². The largest absolute Gasteiger partial charge is 0.490 e. The summed E-state index contributed by atoms with van der Waals surface area (Å²) in [5.74, 6) is 0.277. The van der Waals surface area contributed by atoms with Gasteiger partial charge in [-0.3, -0.25) is 10.1 Å². The van der Waals surface area contributed by atoms with Crippen LogP contribution in [0.15, 0.2) is 18.2 Å². The topological polar surface area (TPSA) is 64.8 Å². The fourth-order valence-corrected chi connectivity index (χ4v) is 2.98. The van der Waals surface area contributed by atoms with Crippen LogP contribution < -0.4 is 9.64 Å². The van der Waals surface area contributed by atoms with Crippen LogP contribution in [0.3, 0.4) is 0 Å². The van der Waals surface area contributed by atoms with Crippen LogP contribution in [0.2, 0.25) is 0 Å². The van der Waals surface area contributed by atoms with Crippen molar-refractivity contribution in [2.45, 2.75) is 38.9 Å². The van der Waals surface area contributed by atoms with Crippen LogP contribution in [0.4, 0.5) is 11.4 Å². The van der Waals surface area contributed by atoms with Crippen molar-refractivity contribution >= 4 is 11.4 Å². The lowest BCUT2D eigenvalue weighted by Crippen LogP contribution is -2.57. The molecule has 1 saturated heterocycles. The molecule has 1 aromatic carbocycles. The molecule has 1 aromatic rings. The molecular weight excluding hydrogens is 272 g/mol. The van der Waals surface area contributed by atoms with E-state index in [0.717, 1.165) is 18.8 Å². The number of methoxy groups -OCH3 is 1. The molecule has 0 spiro atoms. The van der Waals surface area contributed by atoms with Crippen molar-refractivity contribution in [3.8, 4) is 5.75 Å². The Morgan fingerprint density at radius 3 is 2.29 bits per heavy atom. The number of morpholine rings is 1. The molecule has 0 unspecified atom stereocenters. The summed E-state index contributed by atoms with van der Waals surface area (Å²) in [5, 5.41) is 11.0. The number of nitrogens with zero attached hydrogens (tertiary/aromatic N) is 2. The van der Waals surface area contributed by atoms with E-state index in [1.165, 1.54) is 13.2 Å². The third kappa shape index (κ3) is 3.44. The Kier molecular flexibility index (Phi) is 3.84. The fourth-order valence-electron chi connectivity index (χ4n) is 2.98. The van der Waals surface area contributed by atoms with Crippen molar-refractivity contribution in [3.63, 3.8) is 0 Å². The van der Waals surface area contributed by atoms with Gasteiger partial charge in [0.05, 0.1) is 23.2 Å². The molecule has 0 atom stereocenters. The zero-order valence-corrected chi connectivity index (χ0v) is 13.2. The molecule has 1 fully saturated rings. The average Bonchev–Trinajstić information content (AvgIpc) is 2.34. The second-order valence-electron chi connectivity index (χ2n) is 6.59. The van der Waals surface area contributed by atoms with Gasteiger partial charge in [0.15, 0.2) is 5.75 Å². The van der Waals surface area contributed by atoms with Gasteiger partial charge in [0.1, 0.15) is 0 Å². The van der Waals surface area contributed by atoms with E-state index in [-0.39, 0.29) is 22.6 Å². The molecule has 1 heterocycles. The summed E-state index contributed by atoms with van der Waals surface area (Å²) in [6.07, 6.45) is 0. The number of hydrogen-bond acceptors (Lipinski definition) is 5. The van der Waals surface area contributed by atoms with E-state index < -0.39 is 4.92 Å². The molecule has 6 nitrogen and oxygen atoms in total. The minimum atomic E-state index is -0.435. The Morgan fingerprint density at radius 2 is 1.81 bits per heavy atom. The highest BCUT2D eigenvalue weighted by molar-refractivity contribution is 5.59. The number of anilines is 1. The van der Waals surface area contributed by atoms with E-state index in [1.54, 1.807) is 12.1 Å². The van der Waals surface area contributed by atoms with E-state index in [2.05, 4.69) is 4.90 Å². The van der Waals surface area contributed by atoms with E-state index in [9.17, 15) is 10.1 Å². The minimum absolute atomic E-state index is 0.0203. The lowest BCUT2D eigenvalue weighted by atomic mass is 9.98. The van der Waals surface area contributed by atoms with Crippen molar-refractivity contribution in [2.75, 3.05) is 25.1 Å². The van der Waals surface area contributed by atoms with Gasteiger partial charge in [-0.15, -0.1) is 0 Å². The van der Waals surface area contributed by atoms with E-state index >= 15 is 0 Å². The molecule has 0 saturated carbocycles. The molecule has 0 aromatic heterocycles. The first-order valence-electron chi connectivity index (χ1n) is 6.91. The zero-order chi connectivity index (χ0) is 15.8. The molecule has 6 heteroatoms. The number of hydrogen-bond donors (Lipinski definition) is 0. The summed E-state index contributed by atoms with van der Waals surface area (Å²) in [5.41, 5.74) is 0.322. The Bertz CT molecular complexity index is 539. The maximum atomic E-state index is 11.0. The van der Waals surface area contributed by atoms with Gasteiger partial charge in [-0.05, 0) is 33.8 Å². The standard InChI is InChI=1S/C15H22N2O4/c1-14(2)9-16(10-15(3,4)21-14)11-6-7-12(17(18)19)13(8-11)20-5/h6-8H,9-10H2,1-5H3. The van der Waals surface area contributed by atoms with E-state index in [0.29, 0.717) is 0 Å². The molecule has 21 heavy (non-hydrogen) atoms. The van der Waals surface area contributed by atoms with Gasteiger partial charge < -0.3 is 14.4 Å². The third-order valence-electron chi connectivity index (χ3n) is 3.42. The van der Waals surface area contributed by atoms with Crippen molar-refractivity contribution in [1.82, 2.24) is 0 Å². The van der Waals surface area contributed by atoms with Gasteiger partial charge in [0.2, 0.25) is 0 Å². The maximum Gasteiger partial charge on any atom is 0.311 e. The van der Waals surface area contributed by atoms with Gasteiger partial charge in [-0.25, -0.2) is 0 Å². The number of nitro groups is 1. The zero-order valence-electron chi connectivity index (χ0n) is 13.2. The number of rotatable bonds is 3. The molecule has 1 aliphatic rings. The Balaban J connectivity index is 2.35. The first kappa shape index (κ1) is 15.6. The summed E-state index contributed by atoms with van der Waals surface area (Å²) >= 11 is 0. The maximum absolute atomic E-state index is 11.0. The van der Waals surface area contributed by atoms with Crippen LogP contribution in [0.5, 0.6) is 5.75 Å². The molecule has 0 bridgehead atoms. The number of benzene rings is 1. The smallest absolute Gasteiger partial charge is 0.311 e. The lowest BCUT2D eigenvalue weighted by Gasteiger charge is -2.48. The third-order valence-corrected chi connectivity index (χ3v) is 3.42. The summed E-state index contributed by atoms with van der Waals surface area (Å²) in [6.45, 7) is 9.62. The summed E-state index contributed by atoms with van der Waals surface area (Å²) in [6, 6.07) is 4.97. The van der Waals surface area contributed by atoms with Crippen LogP contribution in [0.1, 0.15) is 27.7 Å². The van der Waals surface area contributed by atoms with Crippen LogP contribution in [-0.4, -0.2) is 36.3 Å². The Hall–Kier alpha value is -1.82. The Labute approximate surface area is 124 Å². The van der Waals surface area contributed by atoms with E-state index in [1.807, 2.05) is 27.7 Å². The van der Waals surface area contributed by atoms with Crippen molar-refractivity contribution in [3.05, 3.63) is 28.3 Å². The summed E-state index contributed by atoms with van der Waals surface area (Å²) in [7, 11) is 1.44. The quantitative estimate of drug-likeness (QED) is 0.633. The van der Waals surface area contributed by atoms with Gasteiger partial charge in [0, 0.05) is 30.9 Å². The monoisotopic (exact) mass is 294 g/mol. The molecule has 0 aliphatic carbocycles. The van der Waals surface area contributed by atoms with E-state index in [4.69, 9.17) is 9.47 Å². The highest BCUT2D eigenvalue weighted by atomic mass is 16.6. The molecule has 2 rings (SSSR count). The van der Waals surface area contributed by atoms with Crippen LogP contribution >= 0.6 is 0 Å². The molecule has 0 radical (unpaired) electrons. The molecule has 0 N–H and O–H groups in total. The Morgan fingerprint density at radius 1 is 1.24 bits per heavy atom. The molecule has 0 amide bonds. The SMILES string of the molecule is COc1cc(N2CC(C)(C)OC(C)(C)C2)ccc1[N+](=O)[O-]. The second-order valence-corrected chi connectivity index (χ2v) is 6.59. The summed E-state index contributed by atoms with van der Waals surface area (Å²) < 4.78 is 11.2.